The van der Waals surface area contributed by atoms with Crippen molar-refractivity contribution in [2.45, 2.75) is 19.8 Å². The van der Waals surface area contributed by atoms with E-state index in [0.29, 0.717) is 26.9 Å². The number of carboxylic acids is 1. The summed E-state index contributed by atoms with van der Waals surface area (Å²) in [5.41, 5.74) is 10.1. The van der Waals surface area contributed by atoms with Gasteiger partial charge in [0.2, 0.25) is 21.0 Å². The molecule has 28 heavy (non-hydrogen) atoms. The van der Waals surface area contributed by atoms with Crippen molar-refractivity contribution < 1.29 is 18.8 Å². The molecule has 0 bridgehead atoms. The number of rotatable bonds is 9. The van der Waals surface area contributed by atoms with E-state index in [0.717, 1.165) is 47.3 Å². The van der Waals surface area contributed by atoms with Crippen molar-refractivity contribution >= 4 is 38.8 Å². The molecule has 0 heterocycles. The number of carbonyl (C=O) groups is 1. The normalized spacial score (nSPS) is 13.3. The van der Waals surface area contributed by atoms with E-state index in [9.17, 15) is 4.79 Å². The Kier molecular flexibility index (Phi) is 8.09. The first kappa shape index (κ1) is 21.5. The fraction of sp³-hybridized carbons (Fsp3) is 0.190. The van der Waals surface area contributed by atoms with E-state index >= 15 is 0 Å². The van der Waals surface area contributed by atoms with Gasteiger partial charge in [0, 0.05) is 11.6 Å². The minimum absolute atomic E-state index is 0.344. The molecule has 148 valence electrons. The number of nitrogens with two attached hydrogens (primary N) is 1. The largest absolute Gasteiger partial charge is 0.553 e. The Hall–Kier alpha value is -2.78. The highest BCUT2D eigenvalue weighted by molar-refractivity contribution is 6.02. The quantitative estimate of drug-likeness (QED) is 0.371. The summed E-state index contributed by atoms with van der Waals surface area (Å²) in [7, 11) is 1.23. The molecule has 7 heteroatoms. The Balaban J connectivity index is 2.04. The Morgan fingerprint density at radius 2 is 1.79 bits per heavy atom. The van der Waals surface area contributed by atoms with Crippen molar-refractivity contribution in [3.8, 4) is 5.75 Å². The van der Waals surface area contributed by atoms with Crippen LogP contribution in [0.4, 0.5) is 0 Å². The van der Waals surface area contributed by atoms with Crippen LogP contribution in [0.3, 0.4) is 0 Å². The van der Waals surface area contributed by atoms with Gasteiger partial charge in [-0.25, -0.2) is 4.79 Å². The van der Waals surface area contributed by atoms with Crippen LogP contribution < -0.4 is 10.2 Å². The molecule has 1 unspecified atom stereocenters. The number of allylic oxidation sites excluding steroid dienone is 1. The van der Waals surface area contributed by atoms with Gasteiger partial charge in [-0.1, -0.05) is 31.2 Å². The highest BCUT2D eigenvalue weighted by atomic mass is 28.2. The molecule has 2 aromatic carbocycles. The molecule has 0 amide bonds. The highest BCUT2D eigenvalue weighted by Crippen LogP contribution is 2.24. The van der Waals surface area contributed by atoms with Crippen molar-refractivity contribution in [2.24, 2.45) is 11.7 Å². The minimum Gasteiger partial charge on any atom is -0.553 e. The number of benzene rings is 2. The number of hydrogen-bond donors (Lipinski definition) is 2. The predicted octanol–water partition coefficient (Wildman–Crippen LogP) is 1.64. The first-order valence-corrected chi connectivity index (χ1v) is 10.7. The summed E-state index contributed by atoms with van der Waals surface area (Å²) in [5, 5.41) is 8.69. The Bertz CT molecular complexity index is 846. The van der Waals surface area contributed by atoms with E-state index in [2.05, 4.69) is 6.92 Å². The van der Waals surface area contributed by atoms with E-state index < -0.39 is 5.97 Å². The Labute approximate surface area is 172 Å². The third-order valence-electron chi connectivity index (χ3n) is 4.40. The summed E-state index contributed by atoms with van der Waals surface area (Å²) < 4.78 is 11.0. The van der Waals surface area contributed by atoms with Crippen LogP contribution in [-0.2, 0) is 15.6 Å². The summed E-state index contributed by atoms with van der Waals surface area (Å²) in [6, 6.07) is 15.7. The predicted molar refractivity (Wildman–Crippen MR) is 120 cm³/mol. The molecule has 0 saturated heterocycles. The van der Waals surface area contributed by atoms with Crippen molar-refractivity contribution in [1.29, 1.82) is 0 Å². The van der Waals surface area contributed by atoms with Crippen LogP contribution in [-0.4, -0.2) is 32.0 Å². The first-order valence-electron chi connectivity index (χ1n) is 9.10. The summed E-state index contributed by atoms with van der Waals surface area (Å²) >= 11 is 0. The fourth-order valence-electron chi connectivity index (χ4n) is 3.05. The van der Waals surface area contributed by atoms with Crippen molar-refractivity contribution in [3.05, 3.63) is 77.0 Å². The smallest absolute Gasteiger partial charge is 0.328 e. The molecule has 0 spiro atoms. The third-order valence-corrected chi connectivity index (χ3v) is 5.28. The van der Waals surface area contributed by atoms with E-state index in [1.807, 2.05) is 48.5 Å². The zero-order valence-corrected chi connectivity index (χ0v) is 20.5. The second kappa shape index (κ2) is 10.5. The van der Waals surface area contributed by atoms with Gasteiger partial charge >= 0.3 is 5.97 Å². The SMILES string of the molecule is CC(CC(N)=C(O[SiH3])c1ccc(O[SiH3])cc1)Cc1ccc(/C=C/C(=O)O)cc1. The summed E-state index contributed by atoms with van der Waals surface area (Å²) in [5.74, 6) is 1.01. The second-order valence-electron chi connectivity index (χ2n) is 6.71. The van der Waals surface area contributed by atoms with E-state index in [4.69, 9.17) is 19.7 Å². The van der Waals surface area contributed by atoms with Gasteiger partial charge in [0.25, 0.3) is 0 Å². The van der Waals surface area contributed by atoms with Crippen molar-refractivity contribution in [1.82, 2.24) is 0 Å². The molecule has 1 atom stereocenters. The lowest BCUT2D eigenvalue weighted by molar-refractivity contribution is -0.131. The standard InChI is InChI=1S/C21H27NO4Si2/c1-14(12-16-4-2-15(3-5-16)6-11-20(23)24)13-19(22)21(26-28)17-7-9-18(25-27)10-8-17/h2-11,14H,12-13,22H2,1,27-28H3,(H,23,24)/b11-6+,21-19?. The molecule has 5 nitrogen and oxygen atoms in total. The minimum atomic E-state index is -0.948. The zero-order chi connectivity index (χ0) is 20.5. The summed E-state index contributed by atoms with van der Waals surface area (Å²) in [6.07, 6.45) is 4.34. The van der Waals surface area contributed by atoms with Gasteiger partial charge in [-0.05, 0) is 60.2 Å². The second-order valence-corrected chi connectivity index (χ2v) is 7.53. The van der Waals surface area contributed by atoms with Crippen LogP contribution in [0.5, 0.6) is 5.75 Å². The molecule has 0 fully saturated rings. The lowest BCUT2D eigenvalue weighted by atomic mass is 9.95. The maximum absolute atomic E-state index is 10.6. The monoisotopic (exact) mass is 413 g/mol. The number of carboxylic acid groups (broad SMARTS) is 1. The molecule has 0 aliphatic heterocycles. The van der Waals surface area contributed by atoms with Crippen LogP contribution >= 0.6 is 0 Å². The molecule has 0 aromatic heterocycles. The summed E-state index contributed by atoms with van der Waals surface area (Å²) in [6.45, 7) is 2.16. The highest BCUT2D eigenvalue weighted by Gasteiger charge is 2.12. The molecule has 0 saturated carbocycles. The molecule has 2 rings (SSSR count). The van der Waals surface area contributed by atoms with Crippen LogP contribution in [0.2, 0.25) is 0 Å². The Morgan fingerprint density at radius 1 is 1.14 bits per heavy atom. The van der Waals surface area contributed by atoms with Gasteiger partial charge in [0.1, 0.15) is 11.5 Å². The molecule has 0 radical (unpaired) electrons. The van der Waals surface area contributed by atoms with Crippen LogP contribution in [0.25, 0.3) is 11.8 Å². The van der Waals surface area contributed by atoms with Gasteiger partial charge in [0.15, 0.2) is 0 Å². The maximum atomic E-state index is 10.6. The topological polar surface area (TPSA) is 81.8 Å². The lowest BCUT2D eigenvalue weighted by Gasteiger charge is -2.16. The lowest BCUT2D eigenvalue weighted by Crippen LogP contribution is -2.10. The van der Waals surface area contributed by atoms with Crippen LogP contribution in [0.15, 0.2) is 60.3 Å². The van der Waals surface area contributed by atoms with E-state index in [1.54, 1.807) is 6.08 Å². The zero-order valence-electron chi connectivity index (χ0n) is 16.5. The first-order chi connectivity index (χ1) is 13.4. The van der Waals surface area contributed by atoms with Gasteiger partial charge in [-0.3, -0.25) is 0 Å². The molecular weight excluding hydrogens is 386 g/mol. The van der Waals surface area contributed by atoms with Crippen LogP contribution in [0.1, 0.15) is 30.0 Å². The number of aliphatic carboxylic acids is 1. The van der Waals surface area contributed by atoms with Crippen LogP contribution in [0, 0.1) is 5.92 Å². The molecule has 0 aliphatic carbocycles. The van der Waals surface area contributed by atoms with Gasteiger partial charge in [-0.15, -0.1) is 0 Å². The van der Waals surface area contributed by atoms with E-state index in [1.165, 1.54) is 5.56 Å². The van der Waals surface area contributed by atoms with E-state index in [-0.39, 0.29) is 0 Å². The maximum Gasteiger partial charge on any atom is 0.328 e. The fourth-order valence-corrected chi connectivity index (χ4v) is 3.82. The van der Waals surface area contributed by atoms with Gasteiger partial charge in [-0.2, -0.15) is 0 Å². The van der Waals surface area contributed by atoms with Gasteiger partial charge in [0.05, 0.1) is 5.70 Å². The number of hydrogen-bond acceptors (Lipinski definition) is 4. The average Bonchev–Trinajstić information content (AvgIpc) is 2.68. The third kappa shape index (κ3) is 6.43. The summed E-state index contributed by atoms with van der Waals surface area (Å²) in [4.78, 5) is 10.6. The molecule has 3 N–H and O–H groups in total. The van der Waals surface area contributed by atoms with Crippen molar-refractivity contribution in [2.75, 3.05) is 0 Å². The molecular formula is C21H27NO4Si2. The molecule has 0 aliphatic rings. The average molecular weight is 414 g/mol. The molecule has 2 aromatic rings. The van der Waals surface area contributed by atoms with Gasteiger partial charge < -0.3 is 19.7 Å². The Morgan fingerprint density at radius 3 is 2.32 bits per heavy atom. The van der Waals surface area contributed by atoms with Crippen molar-refractivity contribution in [3.63, 3.8) is 0 Å².